The standard InChI is InChI=1S/C11H19NO4S/c1-2-11(10(13)14)5-3-6-12(11)9-4-7-17(15,16)8-9/h9H,2-8H2,1H3,(H,13,14). The maximum Gasteiger partial charge on any atom is 0.324 e. The topological polar surface area (TPSA) is 74.7 Å². The molecule has 2 rings (SSSR count). The quantitative estimate of drug-likeness (QED) is 0.801. The van der Waals surface area contributed by atoms with Gasteiger partial charge in [0.2, 0.25) is 0 Å². The largest absolute Gasteiger partial charge is 0.480 e. The first-order chi connectivity index (χ1) is 7.91. The fourth-order valence-electron chi connectivity index (χ4n) is 3.21. The van der Waals surface area contributed by atoms with Gasteiger partial charge >= 0.3 is 5.97 Å². The first kappa shape index (κ1) is 12.8. The Bertz CT molecular complexity index is 419. The maximum atomic E-state index is 11.5. The van der Waals surface area contributed by atoms with E-state index in [4.69, 9.17) is 0 Å². The second kappa shape index (κ2) is 4.24. The highest BCUT2D eigenvalue weighted by atomic mass is 32.2. The molecule has 17 heavy (non-hydrogen) atoms. The van der Waals surface area contributed by atoms with Gasteiger partial charge in [-0.15, -0.1) is 0 Å². The molecule has 2 atom stereocenters. The summed E-state index contributed by atoms with van der Waals surface area (Å²) in [6, 6.07) is -0.0986. The van der Waals surface area contributed by atoms with Crippen LogP contribution < -0.4 is 0 Å². The number of carboxylic acid groups (broad SMARTS) is 1. The van der Waals surface area contributed by atoms with Crippen molar-refractivity contribution in [3.05, 3.63) is 0 Å². The average Bonchev–Trinajstić information content (AvgIpc) is 2.81. The predicted molar refractivity (Wildman–Crippen MR) is 63.7 cm³/mol. The summed E-state index contributed by atoms with van der Waals surface area (Å²) < 4.78 is 23.0. The van der Waals surface area contributed by atoms with Crippen molar-refractivity contribution in [1.29, 1.82) is 0 Å². The van der Waals surface area contributed by atoms with Crippen LogP contribution in [-0.4, -0.2) is 54.0 Å². The minimum atomic E-state index is -2.95. The van der Waals surface area contributed by atoms with Gasteiger partial charge in [-0.3, -0.25) is 9.69 Å². The van der Waals surface area contributed by atoms with E-state index in [1.165, 1.54) is 0 Å². The van der Waals surface area contributed by atoms with Crippen molar-refractivity contribution in [1.82, 2.24) is 4.90 Å². The molecule has 1 N–H and O–H groups in total. The number of hydrogen-bond donors (Lipinski definition) is 1. The van der Waals surface area contributed by atoms with Gasteiger partial charge < -0.3 is 5.11 Å². The Balaban J connectivity index is 2.23. The Kier molecular flexibility index (Phi) is 3.20. The third-order valence-corrected chi connectivity index (χ3v) is 5.92. The van der Waals surface area contributed by atoms with Crippen LogP contribution in [0.2, 0.25) is 0 Å². The molecule has 2 heterocycles. The van der Waals surface area contributed by atoms with E-state index in [1.807, 2.05) is 11.8 Å². The van der Waals surface area contributed by atoms with E-state index < -0.39 is 21.3 Å². The van der Waals surface area contributed by atoms with Gasteiger partial charge in [0.05, 0.1) is 11.5 Å². The minimum absolute atomic E-state index is 0.0986. The fraction of sp³-hybridized carbons (Fsp3) is 0.909. The molecule has 0 aliphatic carbocycles. The molecule has 98 valence electrons. The Morgan fingerprint density at radius 2 is 2.24 bits per heavy atom. The number of sulfone groups is 1. The number of carbonyl (C=O) groups is 1. The Morgan fingerprint density at radius 1 is 1.53 bits per heavy atom. The SMILES string of the molecule is CCC1(C(=O)O)CCCN1C1CCS(=O)(=O)C1. The van der Waals surface area contributed by atoms with Gasteiger partial charge in [0.25, 0.3) is 0 Å². The van der Waals surface area contributed by atoms with Crippen LogP contribution in [-0.2, 0) is 14.6 Å². The molecule has 0 aromatic carbocycles. The Hall–Kier alpha value is -0.620. The van der Waals surface area contributed by atoms with Gasteiger partial charge in [0, 0.05) is 6.04 Å². The number of aliphatic carboxylic acids is 1. The number of carboxylic acids is 1. The van der Waals surface area contributed by atoms with Gasteiger partial charge in [-0.2, -0.15) is 0 Å². The lowest BCUT2D eigenvalue weighted by molar-refractivity contribution is -0.151. The molecule has 0 spiro atoms. The lowest BCUT2D eigenvalue weighted by Gasteiger charge is -2.37. The van der Waals surface area contributed by atoms with Crippen molar-refractivity contribution in [3.8, 4) is 0 Å². The maximum absolute atomic E-state index is 11.5. The van der Waals surface area contributed by atoms with Gasteiger partial charge in [-0.1, -0.05) is 6.92 Å². The highest BCUT2D eigenvalue weighted by Gasteiger charge is 2.50. The average molecular weight is 261 g/mol. The van der Waals surface area contributed by atoms with Gasteiger partial charge in [0.1, 0.15) is 5.54 Å². The number of hydrogen-bond acceptors (Lipinski definition) is 4. The van der Waals surface area contributed by atoms with Crippen LogP contribution in [0.1, 0.15) is 32.6 Å². The van der Waals surface area contributed by atoms with E-state index in [-0.39, 0.29) is 17.5 Å². The highest BCUT2D eigenvalue weighted by Crippen LogP contribution is 2.37. The van der Waals surface area contributed by atoms with Crippen LogP contribution in [0.5, 0.6) is 0 Å². The van der Waals surface area contributed by atoms with Crippen LogP contribution in [0.25, 0.3) is 0 Å². The molecule has 0 bridgehead atoms. The summed E-state index contributed by atoms with van der Waals surface area (Å²) in [5.74, 6) is -0.475. The van der Waals surface area contributed by atoms with E-state index in [2.05, 4.69) is 0 Å². The summed E-state index contributed by atoms with van der Waals surface area (Å²) >= 11 is 0. The summed E-state index contributed by atoms with van der Waals surface area (Å²) in [5.41, 5.74) is -0.829. The van der Waals surface area contributed by atoms with Crippen molar-refractivity contribution in [2.24, 2.45) is 0 Å². The number of nitrogens with zero attached hydrogens (tertiary/aromatic N) is 1. The molecule has 5 nitrogen and oxygen atoms in total. The molecule has 2 unspecified atom stereocenters. The summed E-state index contributed by atoms with van der Waals surface area (Å²) in [7, 11) is -2.95. The van der Waals surface area contributed by atoms with Crippen LogP contribution in [0, 0.1) is 0 Å². The zero-order valence-corrected chi connectivity index (χ0v) is 10.9. The summed E-state index contributed by atoms with van der Waals surface area (Å²) in [6.07, 6.45) is 2.60. The lowest BCUT2D eigenvalue weighted by Crippen LogP contribution is -2.54. The lowest BCUT2D eigenvalue weighted by atomic mass is 9.91. The van der Waals surface area contributed by atoms with Gasteiger partial charge in [-0.25, -0.2) is 8.42 Å². The van der Waals surface area contributed by atoms with E-state index in [9.17, 15) is 18.3 Å². The Labute approximate surface area is 102 Å². The van der Waals surface area contributed by atoms with Gasteiger partial charge in [0.15, 0.2) is 9.84 Å². The van der Waals surface area contributed by atoms with Crippen molar-refractivity contribution < 1.29 is 18.3 Å². The molecule has 2 fully saturated rings. The zero-order chi connectivity index (χ0) is 12.7. The van der Waals surface area contributed by atoms with Crippen molar-refractivity contribution in [3.63, 3.8) is 0 Å². The number of likely N-dealkylation sites (tertiary alicyclic amines) is 1. The zero-order valence-electron chi connectivity index (χ0n) is 10.1. The minimum Gasteiger partial charge on any atom is -0.480 e. The summed E-state index contributed by atoms with van der Waals surface area (Å²) in [4.78, 5) is 13.4. The molecule has 0 aromatic heterocycles. The molecule has 0 aromatic rings. The third-order valence-electron chi connectivity index (χ3n) is 4.17. The molecule has 6 heteroatoms. The fourth-order valence-corrected chi connectivity index (χ4v) is 4.94. The summed E-state index contributed by atoms with van der Waals surface area (Å²) in [6.45, 7) is 2.58. The predicted octanol–water partition coefficient (Wildman–Crippen LogP) is 0.503. The summed E-state index contributed by atoms with van der Waals surface area (Å²) in [5, 5.41) is 9.43. The monoisotopic (exact) mass is 261 g/mol. The molecular formula is C11H19NO4S. The van der Waals surface area contributed by atoms with E-state index in [1.54, 1.807) is 0 Å². The van der Waals surface area contributed by atoms with Crippen LogP contribution in [0.3, 0.4) is 0 Å². The highest BCUT2D eigenvalue weighted by molar-refractivity contribution is 7.91. The van der Waals surface area contributed by atoms with E-state index >= 15 is 0 Å². The van der Waals surface area contributed by atoms with Crippen molar-refractivity contribution in [2.75, 3.05) is 18.1 Å². The number of rotatable bonds is 3. The van der Waals surface area contributed by atoms with Crippen LogP contribution >= 0.6 is 0 Å². The smallest absolute Gasteiger partial charge is 0.324 e. The van der Waals surface area contributed by atoms with E-state index in [0.717, 1.165) is 6.42 Å². The van der Waals surface area contributed by atoms with Crippen LogP contribution in [0.15, 0.2) is 0 Å². The third kappa shape index (κ3) is 2.08. The molecule has 2 aliphatic heterocycles. The molecule has 2 saturated heterocycles. The normalized spacial score (nSPS) is 37.4. The van der Waals surface area contributed by atoms with E-state index in [0.29, 0.717) is 25.8 Å². The molecule has 0 radical (unpaired) electrons. The van der Waals surface area contributed by atoms with Crippen molar-refractivity contribution >= 4 is 15.8 Å². The first-order valence-electron chi connectivity index (χ1n) is 6.12. The first-order valence-corrected chi connectivity index (χ1v) is 7.94. The van der Waals surface area contributed by atoms with Crippen LogP contribution in [0.4, 0.5) is 0 Å². The molecular weight excluding hydrogens is 242 g/mol. The van der Waals surface area contributed by atoms with Crippen molar-refractivity contribution in [2.45, 2.75) is 44.2 Å². The Morgan fingerprint density at radius 3 is 2.71 bits per heavy atom. The molecule has 0 amide bonds. The molecule has 0 saturated carbocycles. The van der Waals surface area contributed by atoms with Gasteiger partial charge in [-0.05, 0) is 32.2 Å². The second-order valence-corrected chi connectivity index (χ2v) is 7.27. The molecule has 2 aliphatic rings. The second-order valence-electron chi connectivity index (χ2n) is 5.04.